The van der Waals surface area contributed by atoms with Crippen LogP contribution < -0.4 is 19.6 Å². The van der Waals surface area contributed by atoms with Crippen LogP contribution in [0.2, 0.25) is 0 Å². The van der Waals surface area contributed by atoms with Crippen molar-refractivity contribution in [2.24, 2.45) is 4.99 Å². The van der Waals surface area contributed by atoms with Gasteiger partial charge in [-0.05, 0) is 56.2 Å². The minimum absolute atomic E-state index is 0.205. The van der Waals surface area contributed by atoms with Gasteiger partial charge >= 0.3 is 11.9 Å². The molecule has 0 saturated heterocycles. The van der Waals surface area contributed by atoms with Gasteiger partial charge in [-0.1, -0.05) is 71.5 Å². The fraction of sp³-hybridized carbons (Fsp3) is 0.250. The summed E-state index contributed by atoms with van der Waals surface area (Å²) in [5.74, 6) is -0.538. The SMILES string of the molecule is CCOC(=O)COc1ccc2ccccc2c1C=c1sc2n(c1=O)C(c1ccc(C)cc1)C(C(=O)OCC)=C(C)N=2. The molecule has 0 spiro atoms. The van der Waals surface area contributed by atoms with Crippen molar-refractivity contribution in [1.82, 2.24) is 4.57 Å². The summed E-state index contributed by atoms with van der Waals surface area (Å²) in [5.41, 5.74) is 3.04. The van der Waals surface area contributed by atoms with Crippen LogP contribution in [0.5, 0.6) is 5.75 Å². The first-order valence-corrected chi connectivity index (χ1v) is 14.2. The molecule has 0 saturated carbocycles. The monoisotopic (exact) mass is 570 g/mol. The van der Waals surface area contributed by atoms with Gasteiger partial charge < -0.3 is 14.2 Å². The van der Waals surface area contributed by atoms with Crippen LogP contribution in [0.1, 0.15) is 43.5 Å². The van der Waals surface area contributed by atoms with Gasteiger partial charge in [-0.25, -0.2) is 14.6 Å². The third-order valence-corrected chi connectivity index (χ3v) is 7.75. The van der Waals surface area contributed by atoms with Gasteiger partial charge in [-0.2, -0.15) is 0 Å². The second kappa shape index (κ2) is 11.9. The molecule has 0 bridgehead atoms. The minimum atomic E-state index is -0.694. The lowest BCUT2D eigenvalue weighted by Crippen LogP contribution is -2.39. The smallest absolute Gasteiger partial charge is 0.344 e. The molecule has 0 amide bonds. The van der Waals surface area contributed by atoms with Crippen molar-refractivity contribution in [3.63, 3.8) is 0 Å². The zero-order chi connectivity index (χ0) is 29.1. The van der Waals surface area contributed by atoms with E-state index in [2.05, 4.69) is 4.99 Å². The van der Waals surface area contributed by atoms with E-state index in [1.54, 1.807) is 37.5 Å². The highest BCUT2D eigenvalue weighted by molar-refractivity contribution is 7.07. The molecule has 1 unspecified atom stereocenters. The molecule has 5 rings (SSSR count). The number of carbonyl (C=O) groups is 2. The molecule has 0 fully saturated rings. The molecule has 0 radical (unpaired) electrons. The molecular formula is C32H30N2O6S. The van der Waals surface area contributed by atoms with Crippen molar-refractivity contribution < 1.29 is 23.8 Å². The van der Waals surface area contributed by atoms with Crippen LogP contribution in [-0.2, 0) is 19.1 Å². The molecule has 9 heteroatoms. The van der Waals surface area contributed by atoms with E-state index in [1.165, 1.54) is 11.3 Å². The van der Waals surface area contributed by atoms with Crippen LogP contribution in [0.25, 0.3) is 16.8 Å². The number of aryl methyl sites for hydroxylation is 1. The lowest BCUT2D eigenvalue weighted by Gasteiger charge is -2.24. The Bertz CT molecular complexity index is 1850. The average molecular weight is 571 g/mol. The van der Waals surface area contributed by atoms with Gasteiger partial charge in [0, 0.05) is 5.56 Å². The second-order valence-corrected chi connectivity index (χ2v) is 10.5. The number of carbonyl (C=O) groups excluding carboxylic acids is 2. The maximum atomic E-state index is 14.1. The Morgan fingerprint density at radius 3 is 2.44 bits per heavy atom. The first kappa shape index (κ1) is 28.0. The van der Waals surface area contributed by atoms with Crippen LogP contribution in [0.15, 0.2) is 81.7 Å². The summed E-state index contributed by atoms with van der Waals surface area (Å²) >= 11 is 1.23. The largest absolute Gasteiger partial charge is 0.481 e. The molecule has 2 heterocycles. The first-order chi connectivity index (χ1) is 19.8. The molecule has 1 atom stereocenters. The second-order valence-electron chi connectivity index (χ2n) is 9.51. The van der Waals surface area contributed by atoms with Crippen LogP contribution in [-0.4, -0.2) is 36.3 Å². The molecule has 1 aliphatic heterocycles. The number of benzene rings is 3. The van der Waals surface area contributed by atoms with Gasteiger partial charge in [-0.3, -0.25) is 9.36 Å². The van der Waals surface area contributed by atoms with Crippen LogP contribution in [0.4, 0.5) is 0 Å². The number of thiazole rings is 1. The van der Waals surface area contributed by atoms with E-state index < -0.39 is 18.0 Å². The maximum Gasteiger partial charge on any atom is 0.344 e. The van der Waals surface area contributed by atoms with E-state index in [-0.39, 0.29) is 25.4 Å². The minimum Gasteiger partial charge on any atom is -0.481 e. The van der Waals surface area contributed by atoms with Gasteiger partial charge in [0.05, 0.1) is 35.1 Å². The Morgan fingerprint density at radius 2 is 1.71 bits per heavy atom. The van der Waals surface area contributed by atoms with E-state index >= 15 is 0 Å². The fourth-order valence-corrected chi connectivity index (χ4v) is 5.90. The van der Waals surface area contributed by atoms with E-state index in [4.69, 9.17) is 14.2 Å². The third-order valence-electron chi connectivity index (χ3n) is 6.77. The van der Waals surface area contributed by atoms with E-state index in [0.717, 1.165) is 21.9 Å². The Kier molecular flexibility index (Phi) is 8.16. The number of esters is 2. The van der Waals surface area contributed by atoms with Crippen molar-refractivity contribution in [2.75, 3.05) is 19.8 Å². The van der Waals surface area contributed by atoms with Crippen molar-refractivity contribution in [2.45, 2.75) is 33.7 Å². The lowest BCUT2D eigenvalue weighted by molar-refractivity contribution is -0.145. The topological polar surface area (TPSA) is 96.2 Å². The number of hydrogen-bond acceptors (Lipinski definition) is 8. The molecule has 1 aromatic heterocycles. The first-order valence-electron chi connectivity index (χ1n) is 13.4. The predicted molar refractivity (Wildman–Crippen MR) is 158 cm³/mol. The van der Waals surface area contributed by atoms with Gasteiger partial charge in [0.15, 0.2) is 11.4 Å². The summed E-state index contributed by atoms with van der Waals surface area (Å²) in [6.45, 7) is 7.42. The average Bonchev–Trinajstić information content (AvgIpc) is 3.26. The van der Waals surface area contributed by atoms with Crippen molar-refractivity contribution in [3.8, 4) is 5.75 Å². The molecule has 4 aromatic rings. The van der Waals surface area contributed by atoms with Crippen LogP contribution >= 0.6 is 11.3 Å². The number of nitrogens with zero attached hydrogens (tertiary/aromatic N) is 2. The molecule has 210 valence electrons. The van der Waals surface area contributed by atoms with Crippen molar-refractivity contribution in [3.05, 3.63) is 108 Å². The summed E-state index contributed by atoms with van der Waals surface area (Å²) in [7, 11) is 0. The molecule has 3 aromatic carbocycles. The highest BCUT2D eigenvalue weighted by Crippen LogP contribution is 2.32. The predicted octanol–water partition coefficient (Wildman–Crippen LogP) is 4.20. The summed E-state index contributed by atoms with van der Waals surface area (Å²) < 4.78 is 18.2. The Hall–Kier alpha value is -4.50. The third kappa shape index (κ3) is 5.58. The standard InChI is InChI=1S/C32H30N2O6S/c1-5-38-27(35)18-40-25-16-15-21-9-7-8-10-23(21)24(25)17-26-30(36)34-29(22-13-11-19(3)12-14-22)28(31(37)39-6-2)20(4)33-32(34)41-26/h7-17,29H,5-6,18H2,1-4H3. The summed E-state index contributed by atoms with van der Waals surface area (Å²) in [6, 6.07) is 18.5. The molecular weight excluding hydrogens is 540 g/mol. The van der Waals surface area contributed by atoms with E-state index in [9.17, 15) is 14.4 Å². The number of allylic oxidation sites excluding steroid dienone is 1. The highest BCUT2D eigenvalue weighted by Gasteiger charge is 2.33. The Morgan fingerprint density at radius 1 is 0.976 bits per heavy atom. The summed E-state index contributed by atoms with van der Waals surface area (Å²) in [6.07, 6.45) is 1.77. The quantitative estimate of drug-likeness (QED) is 0.295. The zero-order valence-electron chi connectivity index (χ0n) is 23.3. The maximum absolute atomic E-state index is 14.1. The lowest BCUT2D eigenvalue weighted by atomic mass is 9.95. The number of aromatic nitrogens is 1. The van der Waals surface area contributed by atoms with Crippen LogP contribution in [0.3, 0.4) is 0 Å². The fourth-order valence-electron chi connectivity index (χ4n) is 4.88. The van der Waals surface area contributed by atoms with Crippen molar-refractivity contribution >= 4 is 40.1 Å². The van der Waals surface area contributed by atoms with Gasteiger partial charge in [0.1, 0.15) is 5.75 Å². The van der Waals surface area contributed by atoms with E-state index in [1.807, 2.05) is 61.5 Å². The molecule has 0 N–H and O–H groups in total. The summed E-state index contributed by atoms with van der Waals surface area (Å²) in [4.78, 5) is 44.4. The zero-order valence-corrected chi connectivity index (χ0v) is 24.1. The molecule has 8 nitrogen and oxygen atoms in total. The Labute approximate surface area is 240 Å². The molecule has 0 aliphatic carbocycles. The molecule has 1 aliphatic rings. The van der Waals surface area contributed by atoms with Gasteiger partial charge in [0.2, 0.25) is 0 Å². The number of rotatable bonds is 8. The summed E-state index contributed by atoms with van der Waals surface area (Å²) in [5, 5.41) is 1.81. The number of ether oxygens (including phenoxy) is 3. The van der Waals surface area contributed by atoms with Gasteiger partial charge in [0.25, 0.3) is 5.56 Å². The highest BCUT2D eigenvalue weighted by atomic mass is 32.1. The van der Waals surface area contributed by atoms with Gasteiger partial charge in [-0.15, -0.1) is 0 Å². The Balaban J connectivity index is 1.71. The van der Waals surface area contributed by atoms with Crippen LogP contribution in [0, 0.1) is 6.92 Å². The number of fused-ring (bicyclic) bond motifs is 2. The normalized spacial score (nSPS) is 14.9. The molecule has 41 heavy (non-hydrogen) atoms. The van der Waals surface area contributed by atoms with Crippen molar-refractivity contribution in [1.29, 1.82) is 0 Å². The number of hydrogen-bond donors (Lipinski definition) is 0. The van der Waals surface area contributed by atoms with E-state index in [0.29, 0.717) is 31.9 Å².